The first kappa shape index (κ1) is 12.0. The summed E-state index contributed by atoms with van der Waals surface area (Å²) in [7, 11) is 2.11. The first-order valence-corrected chi connectivity index (χ1v) is 6.54. The van der Waals surface area contributed by atoms with Crippen molar-refractivity contribution in [2.45, 2.75) is 70.8 Å². The molecule has 1 aliphatic carbocycles. The summed E-state index contributed by atoms with van der Waals surface area (Å²) in [6.45, 7) is 2.29. The van der Waals surface area contributed by atoms with Crippen LogP contribution < -0.4 is 5.32 Å². The van der Waals surface area contributed by atoms with E-state index in [1.54, 1.807) is 0 Å². The second-order valence-corrected chi connectivity index (χ2v) is 4.87. The quantitative estimate of drug-likeness (QED) is 0.613. The van der Waals surface area contributed by atoms with E-state index in [0.29, 0.717) is 0 Å². The lowest BCUT2D eigenvalue weighted by Crippen LogP contribution is -2.21. The molecule has 0 aromatic heterocycles. The van der Waals surface area contributed by atoms with Gasteiger partial charge in [0.15, 0.2) is 0 Å². The first-order chi connectivity index (χ1) is 6.86. The Balaban J connectivity index is 1.92. The van der Waals surface area contributed by atoms with E-state index in [2.05, 4.69) is 19.3 Å². The predicted octanol–water partition coefficient (Wildman–Crippen LogP) is 3.74. The highest BCUT2D eigenvalue weighted by Crippen LogP contribution is 2.29. The van der Waals surface area contributed by atoms with Crippen LogP contribution in [0.25, 0.3) is 0 Å². The maximum atomic E-state index is 3.40. The molecule has 0 aromatic carbocycles. The maximum absolute atomic E-state index is 3.40. The van der Waals surface area contributed by atoms with Gasteiger partial charge < -0.3 is 5.32 Å². The summed E-state index contributed by atoms with van der Waals surface area (Å²) in [5, 5.41) is 3.40. The Kier molecular flexibility index (Phi) is 6.25. The van der Waals surface area contributed by atoms with Gasteiger partial charge in [-0.2, -0.15) is 0 Å². The number of rotatable bonds is 7. The average molecular weight is 197 g/mol. The van der Waals surface area contributed by atoms with Crippen molar-refractivity contribution in [3.05, 3.63) is 0 Å². The Morgan fingerprint density at radius 2 is 1.86 bits per heavy atom. The Morgan fingerprint density at radius 3 is 2.50 bits per heavy atom. The van der Waals surface area contributed by atoms with Crippen LogP contribution in [0.4, 0.5) is 0 Å². The van der Waals surface area contributed by atoms with Crippen LogP contribution in [0.15, 0.2) is 0 Å². The van der Waals surface area contributed by atoms with E-state index >= 15 is 0 Å². The van der Waals surface area contributed by atoms with Crippen molar-refractivity contribution in [1.29, 1.82) is 0 Å². The van der Waals surface area contributed by atoms with Gasteiger partial charge in [0.1, 0.15) is 0 Å². The monoisotopic (exact) mass is 197 g/mol. The molecule has 0 saturated heterocycles. The number of hydrogen-bond donors (Lipinski definition) is 1. The van der Waals surface area contributed by atoms with Gasteiger partial charge in [-0.15, -0.1) is 0 Å². The highest BCUT2D eigenvalue weighted by Gasteiger charge is 2.22. The second-order valence-electron chi connectivity index (χ2n) is 4.87. The summed E-state index contributed by atoms with van der Waals surface area (Å²) in [6.07, 6.45) is 13.0. The Hall–Kier alpha value is -0.0400. The van der Waals surface area contributed by atoms with Crippen LogP contribution in [0.2, 0.25) is 0 Å². The lowest BCUT2D eigenvalue weighted by Gasteiger charge is -2.10. The zero-order valence-corrected chi connectivity index (χ0v) is 10.0. The molecule has 0 radical (unpaired) electrons. The maximum Gasteiger partial charge on any atom is 0.00668 e. The van der Waals surface area contributed by atoms with Gasteiger partial charge in [-0.05, 0) is 32.2 Å². The Labute approximate surface area is 89.7 Å². The van der Waals surface area contributed by atoms with Crippen molar-refractivity contribution in [3.63, 3.8) is 0 Å². The van der Waals surface area contributed by atoms with E-state index < -0.39 is 0 Å². The number of hydrogen-bond acceptors (Lipinski definition) is 1. The highest BCUT2D eigenvalue weighted by molar-refractivity contribution is 4.79. The number of nitrogens with one attached hydrogen (secondary N) is 1. The molecule has 1 saturated carbocycles. The van der Waals surface area contributed by atoms with Gasteiger partial charge in [0.25, 0.3) is 0 Å². The topological polar surface area (TPSA) is 12.0 Å². The highest BCUT2D eigenvalue weighted by atomic mass is 14.9. The first-order valence-electron chi connectivity index (χ1n) is 6.54. The minimum Gasteiger partial charge on any atom is -0.317 e. The largest absolute Gasteiger partial charge is 0.317 e. The van der Waals surface area contributed by atoms with Crippen molar-refractivity contribution in [2.75, 3.05) is 7.05 Å². The van der Waals surface area contributed by atoms with Crippen molar-refractivity contribution < 1.29 is 0 Å². The fourth-order valence-electron chi connectivity index (χ4n) is 2.64. The molecule has 0 aliphatic heterocycles. The predicted molar refractivity (Wildman–Crippen MR) is 63.6 cm³/mol. The molecule has 0 aromatic rings. The van der Waals surface area contributed by atoms with Gasteiger partial charge in [-0.25, -0.2) is 0 Å². The molecule has 0 amide bonds. The Bertz CT molecular complexity index is 133. The molecular weight excluding hydrogens is 170 g/mol. The van der Waals surface area contributed by atoms with Gasteiger partial charge in [0, 0.05) is 6.04 Å². The van der Waals surface area contributed by atoms with E-state index in [9.17, 15) is 0 Å². The van der Waals surface area contributed by atoms with E-state index in [1.165, 1.54) is 57.8 Å². The van der Waals surface area contributed by atoms with Crippen molar-refractivity contribution in [1.82, 2.24) is 5.32 Å². The molecule has 0 spiro atoms. The van der Waals surface area contributed by atoms with Crippen LogP contribution in [-0.2, 0) is 0 Å². The van der Waals surface area contributed by atoms with Crippen molar-refractivity contribution in [2.24, 2.45) is 5.92 Å². The summed E-state index contributed by atoms with van der Waals surface area (Å²) >= 11 is 0. The zero-order valence-electron chi connectivity index (χ0n) is 10.0. The molecular formula is C13H27N. The normalized spacial score (nSPS) is 27.0. The lowest BCUT2D eigenvalue weighted by atomic mass is 9.99. The third-order valence-electron chi connectivity index (χ3n) is 3.67. The van der Waals surface area contributed by atoms with Crippen LogP contribution >= 0.6 is 0 Å². The van der Waals surface area contributed by atoms with E-state index in [0.717, 1.165) is 12.0 Å². The fraction of sp³-hybridized carbons (Fsp3) is 1.00. The summed E-state index contributed by atoms with van der Waals surface area (Å²) in [4.78, 5) is 0. The standard InChI is InChI=1S/C13H27N/c1-3-4-5-6-7-8-12-9-10-13(11-12)14-2/h12-14H,3-11H2,1-2H3. The molecule has 1 aliphatic rings. The van der Waals surface area contributed by atoms with Crippen molar-refractivity contribution >= 4 is 0 Å². The molecule has 0 bridgehead atoms. The molecule has 1 nitrogen and oxygen atoms in total. The third kappa shape index (κ3) is 4.45. The van der Waals surface area contributed by atoms with Gasteiger partial charge in [-0.3, -0.25) is 0 Å². The average Bonchev–Trinajstić information content (AvgIpc) is 2.65. The van der Waals surface area contributed by atoms with E-state index in [4.69, 9.17) is 0 Å². The Morgan fingerprint density at radius 1 is 1.07 bits per heavy atom. The van der Waals surface area contributed by atoms with Crippen LogP contribution in [-0.4, -0.2) is 13.1 Å². The molecule has 1 heteroatoms. The zero-order chi connectivity index (χ0) is 10.2. The van der Waals surface area contributed by atoms with Crippen LogP contribution in [0.5, 0.6) is 0 Å². The van der Waals surface area contributed by atoms with E-state index in [1.807, 2.05) is 0 Å². The minimum atomic E-state index is 0.829. The SMILES string of the molecule is CCCCCCCC1CCC(NC)C1. The second kappa shape index (κ2) is 7.28. The summed E-state index contributed by atoms with van der Waals surface area (Å²) in [5.74, 6) is 1.04. The fourth-order valence-corrected chi connectivity index (χ4v) is 2.64. The molecule has 84 valence electrons. The molecule has 2 atom stereocenters. The van der Waals surface area contributed by atoms with Crippen LogP contribution in [0.1, 0.15) is 64.7 Å². The molecule has 1 fully saturated rings. The van der Waals surface area contributed by atoms with Gasteiger partial charge >= 0.3 is 0 Å². The summed E-state index contributed by atoms with van der Waals surface area (Å²) in [5.41, 5.74) is 0. The summed E-state index contributed by atoms with van der Waals surface area (Å²) < 4.78 is 0. The molecule has 0 heterocycles. The van der Waals surface area contributed by atoms with Gasteiger partial charge in [0.05, 0.1) is 0 Å². The van der Waals surface area contributed by atoms with Crippen LogP contribution in [0.3, 0.4) is 0 Å². The van der Waals surface area contributed by atoms with Gasteiger partial charge in [-0.1, -0.05) is 45.4 Å². The third-order valence-corrected chi connectivity index (χ3v) is 3.67. The minimum absolute atomic E-state index is 0.829. The molecule has 14 heavy (non-hydrogen) atoms. The molecule has 1 N–H and O–H groups in total. The molecule has 2 unspecified atom stereocenters. The van der Waals surface area contributed by atoms with Crippen molar-refractivity contribution in [3.8, 4) is 0 Å². The molecule has 1 rings (SSSR count). The van der Waals surface area contributed by atoms with Crippen LogP contribution in [0, 0.1) is 5.92 Å². The lowest BCUT2D eigenvalue weighted by molar-refractivity contribution is 0.449. The van der Waals surface area contributed by atoms with Gasteiger partial charge in [0.2, 0.25) is 0 Å². The van der Waals surface area contributed by atoms with E-state index in [-0.39, 0.29) is 0 Å². The summed E-state index contributed by atoms with van der Waals surface area (Å²) in [6, 6.07) is 0.829. The number of unbranched alkanes of at least 4 members (excludes halogenated alkanes) is 4. The smallest absolute Gasteiger partial charge is 0.00668 e.